The van der Waals surface area contributed by atoms with E-state index in [2.05, 4.69) is 30.1 Å². The van der Waals surface area contributed by atoms with Crippen LogP contribution in [0.15, 0.2) is 29.1 Å². The predicted octanol–water partition coefficient (Wildman–Crippen LogP) is 2.58. The molecule has 3 heteroatoms. The van der Waals surface area contributed by atoms with Crippen molar-refractivity contribution in [2.75, 3.05) is 0 Å². The Hall–Kier alpha value is -1.19. The minimum Gasteiger partial charge on any atom is -0.326 e. The van der Waals surface area contributed by atoms with E-state index in [-0.39, 0.29) is 0 Å². The molecule has 0 saturated carbocycles. The molecule has 0 spiro atoms. The highest BCUT2D eigenvalue weighted by Gasteiger charge is 2.05. The number of hydrogen-bond acceptors (Lipinski definition) is 3. The first-order chi connectivity index (χ1) is 6.81. The summed E-state index contributed by atoms with van der Waals surface area (Å²) in [6, 6.07) is 6.29. The number of nitrogens with two attached hydrogens (primary N) is 1. The molecule has 0 bridgehead atoms. The summed E-state index contributed by atoms with van der Waals surface area (Å²) in [5, 5.41) is 2.05. The van der Waals surface area contributed by atoms with Crippen molar-refractivity contribution in [1.82, 2.24) is 4.98 Å². The van der Waals surface area contributed by atoms with Crippen molar-refractivity contribution < 1.29 is 0 Å². The van der Waals surface area contributed by atoms with Crippen LogP contribution in [0.4, 0.5) is 0 Å². The Morgan fingerprint density at radius 1 is 1.43 bits per heavy atom. The summed E-state index contributed by atoms with van der Waals surface area (Å²) in [4.78, 5) is 4.30. The second-order valence-electron chi connectivity index (χ2n) is 3.24. The van der Waals surface area contributed by atoms with Crippen LogP contribution >= 0.6 is 11.3 Å². The lowest BCUT2D eigenvalue weighted by Gasteiger charge is -2.05. The van der Waals surface area contributed by atoms with Crippen molar-refractivity contribution in [2.24, 2.45) is 5.73 Å². The van der Waals surface area contributed by atoms with Crippen LogP contribution in [0.2, 0.25) is 0 Å². The Balaban J connectivity index is 2.55. The summed E-state index contributed by atoms with van der Waals surface area (Å²) in [5.41, 5.74) is 12.1. The molecule has 2 N–H and O–H groups in total. The molecule has 0 saturated heterocycles. The first kappa shape index (κ1) is 9.37. The third kappa shape index (κ3) is 1.69. The molecule has 0 atom stereocenters. The van der Waals surface area contributed by atoms with Crippen molar-refractivity contribution in [3.8, 4) is 11.3 Å². The molecular formula is C11H12N2S. The van der Waals surface area contributed by atoms with Crippen LogP contribution < -0.4 is 5.73 Å². The minimum atomic E-state index is 0.563. The van der Waals surface area contributed by atoms with E-state index in [1.807, 2.05) is 10.9 Å². The molecule has 14 heavy (non-hydrogen) atoms. The number of rotatable bonds is 2. The van der Waals surface area contributed by atoms with Crippen molar-refractivity contribution in [2.45, 2.75) is 13.5 Å². The topological polar surface area (TPSA) is 38.9 Å². The molecule has 1 aromatic carbocycles. The highest BCUT2D eigenvalue weighted by atomic mass is 32.1. The van der Waals surface area contributed by atoms with Gasteiger partial charge in [-0.25, -0.2) is 4.98 Å². The van der Waals surface area contributed by atoms with Crippen molar-refractivity contribution >= 4 is 11.3 Å². The molecule has 0 aliphatic rings. The molecule has 72 valence electrons. The number of aryl methyl sites for hydroxylation is 1. The van der Waals surface area contributed by atoms with E-state index < -0.39 is 0 Å². The Bertz CT molecular complexity index is 421. The lowest BCUT2D eigenvalue weighted by Crippen LogP contribution is -1.99. The van der Waals surface area contributed by atoms with Gasteiger partial charge in [0.1, 0.15) is 0 Å². The molecule has 1 heterocycles. The van der Waals surface area contributed by atoms with E-state index >= 15 is 0 Å². The first-order valence-corrected chi connectivity index (χ1v) is 5.43. The molecule has 1 aromatic heterocycles. The maximum Gasteiger partial charge on any atom is 0.0814 e. The van der Waals surface area contributed by atoms with Gasteiger partial charge in [-0.05, 0) is 18.6 Å². The van der Waals surface area contributed by atoms with Crippen LogP contribution in [-0.4, -0.2) is 4.98 Å². The van der Waals surface area contributed by atoms with Crippen molar-refractivity contribution in [3.63, 3.8) is 0 Å². The molecular weight excluding hydrogens is 192 g/mol. The van der Waals surface area contributed by atoms with E-state index in [0.29, 0.717) is 6.54 Å². The Morgan fingerprint density at radius 3 is 2.93 bits per heavy atom. The van der Waals surface area contributed by atoms with Gasteiger partial charge in [0.15, 0.2) is 0 Å². The smallest absolute Gasteiger partial charge is 0.0814 e. The van der Waals surface area contributed by atoms with Gasteiger partial charge in [0.05, 0.1) is 11.2 Å². The average molecular weight is 204 g/mol. The SMILES string of the molecule is Cc1ccc(CN)c(-c2cscn2)c1. The fraction of sp³-hybridized carbons (Fsp3) is 0.182. The molecule has 2 rings (SSSR count). The van der Waals surface area contributed by atoms with Gasteiger partial charge in [0.2, 0.25) is 0 Å². The van der Waals surface area contributed by atoms with Crippen molar-refractivity contribution in [3.05, 3.63) is 40.2 Å². The molecule has 0 aliphatic carbocycles. The summed E-state index contributed by atoms with van der Waals surface area (Å²) in [7, 11) is 0. The van der Waals surface area contributed by atoms with Gasteiger partial charge in [-0.1, -0.05) is 17.7 Å². The summed E-state index contributed by atoms with van der Waals surface area (Å²) in [5.74, 6) is 0. The second-order valence-corrected chi connectivity index (χ2v) is 3.96. The van der Waals surface area contributed by atoms with Crippen LogP contribution in [0.3, 0.4) is 0 Å². The molecule has 0 aliphatic heterocycles. The number of nitrogens with zero attached hydrogens (tertiary/aromatic N) is 1. The van der Waals surface area contributed by atoms with Crippen LogP contribution in [0.25, 0.3) is 11.3 Å². The second kappa shape index (κ2) is 3.90. The van der Waals surface area contributed by atoms with Crippen LogP contribution in [0, 0.1) is 6.92 Å². The zero-order valence-corrected chi connectivity index (χ0v) is 8.84. The van der Waals surface area contributed by atoms with E-state index in [1.54, 1.807) is 11.3 Å². The standard InChI is InChI=1S/C11H12N2S/c1-8-2-3-9(5-12)10(4-8)11-6-14-7-13-11/h2-4,6-7H,5,12H2,1H3. The molecule has 0 fully saturated rings. The predicted molar refractivity (Wildman–Crippen MR) is 60.2 cm³/mol. The zero-order chi connectivity index (χ0) is 9.97. The lowest BCUT2D eigenvalue weighted by molar-refractivity contribution is 1.07. The van der Waals surface area contributed by atoms with E-state index in [4.69, 9.17) is 5.73 Å². The van der Waals surface area contributed by atoms with Gasteiger partial charge >= 0.3 is 0 Å². The highest BCUT2D eigenvalue weighted by molar-refractivity contribution is 7.07. The van der Waals surface area contributed by atoms with Crippen LogP contribution in [0.5, 0.6) is 0 Å². The Labute approximate surface area is 87.4 Å². The van der Waals surface area contributed by atoms with Gasteiger partial charge < -0.3 is 5.73 Å². The van der Waals surface area contributed by atoms with Gasteiger partial charge in [0, 0.05) is 17.5 Å². The lowest BCUT2D eigenvalue weighted by atomic mass is 10.0. The van der Waals surface area contributed by atoms with Gasteiger partial charge in [-0.3, -0.25) is 0 Å². The quantitative estimate of drug-likeness (QED) is 0.816. The number of hydrogen-bond donors (Lipinski definition) is 1. The normalized spacial score (nSPS) is 10.4. The summed E-state index contributed by atoms with van der Waals surface area (Å²) in [6.45, 7) is 2.64. The molecule has 2 nitrogen and oxygen atoms in total. The zero-order valence-electron chi connectivity index (χ0n) is 8.03. The van der Waals surface area contributed by atoms with Crippen LogP contribution in [0.1, 0.15) is 11.1 Å². The minimum absolute atomic E-state index is 0.563. The molecule has 0 unspecified atom stereocenters. The molecule has 0 radical (unpaired) electrons. The fourth-order valence-electron chi connectivity index (χ4n) is 1.45. The molecule has 0 amide bonds. The number of aromatic nitrogens is 1. The fourth-order valence-corrected chi connectivity index (χ4v) is 2.00. The number of benzene rings is 1. The maximum absolute atomic E-state index is 5.68. The van der Waals surface area contributed by atoms with E-state index in [0.717, 1.165) is 16.8 Å². The number of thiazole rings is 1. The average Bonchev–Trinajstić information content (AvgIpc) is 2.70. The molecule has 2 aromatic rings. The summed E-state index contributed by atoms with van der Waals surface area (Å²) >= 11 is 1.61. The summed E-state index contributed by atoms with van der Waals surface area (Å²) < 4.78 is 0. The summed E-state index contributed by atoms with van der Waals surface area (Å²) in [6.07, 6.45) is 0. The van der Waals surface area contributed by atoms with Crippen molar-refractivity contribution in [1.29, 1.82) is 0 Å². The highest BCUT2D eigenvalue weighted by Crippen LogP contribution is 2.24. The Morgan fingerprint density at radius 2 is 2.29 bits per heavy atom. The van der Waals surface area contributed by atoms with Gasteiger partial charge in [-0.15, -0.1) is 11.3 Å². The third-order valence-corrected chi connectivity index (χ3v) is 2.78. The van der Waals surface area contributed by atoms with Crippen LogP contribution in [-0.2, 0) is 6.54 Å². The maximum atomic E-state index is 5.68. The first-order valence-electron chi connectivity index (χ1n) is 4.49. The third-order valence-electron chi connectivity index (χ3n) is 2.19. The largest absolute Gasteiger partial charge is 0.326 e. The Kier molecular flexibility index (Phi) is 2.61. The monoisotopic (exact) mass is 204 g/mol. The van der Waals surface area contributed by atoms with Gasteiger partial charge in [-0.2, -0.15) is 0 Å². The van der Waals surface area contributed by atoms with E-state index in [1.165, 1.54) is 5.56 Å². The van der Waals surface area contributed by atoms with Gasteiger partial charge in [0.25, 0.3) is 0 Å². The van der Waals surface area contributed by atoms with E-state index in [9.17, 15) is 0 Å².